The lowest BCUT2D eigenvalue weighted by Gasteiger charge is -2.13. The van der Waals surface area contributed by atoms with Crippen LogP contribution in [0.25, 0.3) is 0 Å². The Hall–Kier alpha value is -2.64. The van der Waals surface area contributed by atoms with E-state index in [0.717, 1.165) is 17.0 Å². The maximum absolute atomic E-state index is 12.0. The van der Waals surface area contributed by atoms with Gasteiger partial charge in [0.1, 0.15) is 6.04 Å². The average molecular weight is 291 g/mol. The first-order valence-electron chi connectivity index (χ1n) is 6.47. The molecule has 112 valence electrons. The number of imidazole rings is 1. The van der Waals surface area contributed by atoms with Gasteiger partial charge in [0.25, 0.3) is 0 Å². The van der Waals surface area contributed by atoms with Crippen LogP contribution in [0.5, 0.6) is 0 Å². The standard InChI is InChI=1S/C13H17N5O3/c1-7-10(8(2)18-17-7)4-12(19)16-11(13(20)21)3-9-5-14-6-15-9/h5-6,11H,3-4H2,1-2H3,(H,14,15)(H,16,19)(H,17,18)(H,20,21)/t11-/m1/s1. The third-order valence-electron chi connectivity index (χ3n) is 3.23. The molecule has 1 amide bonds. The zero-order chi connectivity index (χ0) is 15.4. The first kappa shape index (κ1) is 14.8. The van der Waals surface area contributed by atoms with E-state index in [-0.39, 0.29) is 18.7 Å². The van der Waals surface area contributed by atoms with Gasteiger partial charge in [-0.15, -0.1) is 0 Å². The molecule has 4 N–H and O–H groups in total. The van der Waals surface area contributed by atoms with Crippen molar-refractivity contribution in [2.75, 3.05) is 0 Å². The molecule has 0 spiro atoms. The van der Waals surface area contributed by atoms with Crippen molar-refractivity contribution in [3.8, 4) is 0 Å². The summed E-state index contributed by atoms with van der Waals surface area (Å²) in [5, 5.41) is 18.5. The number of rotatable bonds is 6. The van der Waals surface area contributed by atoms with Gasteiger partial charge in [0.15, 0.2) is 0 Å². The molecule has 0 aliphatic carbocycles. The first-order valence-corrected chi connectivity index (χ1v) is 6.47. The highest BCUT2D eigenvalue weighted by Gasteiger charge is 2.22. The summed E-state index contributed by atoms with van der Waals surface area (Å²) in [6.45, 7) is 3.62. The number of carboxylic acids is 1. The predicted octanol–water partition coefficient (Wildman–Crippen LogP) is 0.104. The van der Waals surface area contributed by atoms with Crippen LogP contribution in [0, 0.1) is 13.8 Å². The van der Waals surface area contributed by atoms with Crippen molar-refractivity contribution in [1.82, 2.24) is 25.5 Å². The molecule has 0 unspecified atom stereocenters. The monoisotopic (exact) mass is 291 g/mol. The molecule has 8 heteroatoms. The highest BCUT2D eigenvalue weighted by molar-refractivity contribution is 5.85. The van der Waals surface area contributed by atoms with Crippen LogP contribution in [-0.2, 0) is 22.4 Å². The summed E-state index contributed by atoms with van der Waals surface area (Å²) in [6.07, 6.45) is 3.26. The van der Waals surface area contributed by atoms with Gasteiger partial charge >= 0.3 is 5.97 Å². The first-order chi connectivity index (χ1) is 9.97. The predicted molar refractivity (Wildman–Crippen MR) is 73.6 cm³/mol. The number of hydrogen-bond acceptors (Lipinski definition) is 4. The smallest absolute Gasteiger partial charge is 0.326 e. The minimum atomic E-state index is -1.08. The Kier molecular flexibility index (Phi) is 4.36. The fourth-order valence-electron chi connectivity index (χ4n) is 2.06. The number of aromatic nitrogens is 4. The van der Waals surface area contributed by atoms with Gasteiger partial charge in [0.05, 0.1) is 18.4 Å². The Balaban J connectivity index is 2.00. The second kappa shape index (κ2) is 6.21. The lowest BCUT2D eigenvalue weighted by Crippen LogP contribution is -2.43. The van der Waals surface area contributed by atoms with E-state index >= 15 is 0 Å². The maximum Gasteiger partial charge on any atom is 0.326 e. The van der Waals surface area contributed by atoms with Gasteiger partial charge in [-0.05, 0) is 13.8 Å². The molecule has 8 nitrogen and oxygen atoms in total. The van der Waals surface area contributed by atoms with Crippen LogP contribution < -0.4 is 5.32 Å². The summed E-state index contributed by atoms with van der Waals surface area (Å²) in [4.78, 5) is 29.9. The third-order valence-corrected chi connectivity index (χ3v) is 3.23. The Morgan fingerprint density at radius 1 is 1.43 bits per heavy atom. The minimum absolute atomic E-state index is 0.0981. The van der Waals surface area contributed by atoms with E-state index < -0.39 is 12.0 Å². The Morgan fingerprint density at radius 2 is 2.19 bits per heavy atom. The highest BCUT2D eigenvalue weighted by atomic mass is 16.4. The maximum atomic E-state index is 12.0. The van der Waals surface area contributed by atoms with Crippen LogP contribution in [0.1, 0.15) is 22.6 Å². The average Bonchev–Trinajstić information content (AvgIpc) is 3.03. The zero-order valence-electron chi connectivity index (χ0n) is 11.8. The van der Waals surface area contributed by atoms with Gasteiger partial charge in [0, 0.05) is 29.6 Å². The van der Waals surface area contributed by atoms with Crippen LogP contribution >= 0.6 is 0 Å². The molecule has 0 bridgehead atoms. The van der Waals surface area contributed by atoms with Gasteiger partial charge in [-0.2, -0.15) is 5.10 Å². The summed E-state index contributed by atoms with van der Waals surface area (Å²) in [6, 6.07) is -0.995. The van der Waals surface area contributed by atoms with Gasteiger partial charge in [-0.25, -0.2) is 9.78 Å². The molecular weight excluding hydrogens is 274 g/mol. The number of aryl methyl sites for hydroxylation is 2. The number of nitrogens with one attached hydrogen (secondary N) is 3. The lowest BCUT2D eigenvalue weighted by molar-refractivity contribution is -0.141. The van der Waals surface area contributed by atoms with Crippen LogP contribution in [0.4, 0.5) is 0 Å². The number of carbonyl (C=O) groups is 2. The van der Waals surface area contributed by atoms with E-state index in [1.54, 1.807) is 6.92 Å². The van der Waals surface area contributed by atoms with Crippen molar-refractivity contribution in [1.29, 1.82) is 0 Å². The van der Waals surface area contributed by atoms with E-state index in [2.05, 4.69) is 25.5 Å². The normalized spacial score (nSPS) is 12.1. The van der Waals surface area contributed by atoms with Crippen molar-refractivity contribution >= 4 is 11.9 Å². The largest absolute Gasteiger partial charge is 0.480 e. The topological polar surface area (TPSA) is 124 Å². The fraction of sp³-hybridized carbons (Fsp3) is 0.385. The van der Waals surface area contributed by atoms with Crippen LogP contribution in [-0.4, -0.2) is 43.2 Å². The quantitative estimate of drug-likeness (QED) is 0.601. The molecule has 0 aliphatic rings. The number of nitrogens with zero attached hydrogens (tertiary/aromatic N) is 2. The molecule has 1 atom stereocenters. The van der Waals surface area contributed by atoms with Gasteiger partial charge in [-0.3, -0.25) is 9.89 Å². The number of aromatic amines is 2. The molecule has 21 heavy (non-hydrogen) atoms. The Morgan fingerprint density at radius 3 is 2.71 bits per heavy atom. The van der Waals surface area contributed by atoms with E-state index in [9.17, 15) is 14.7 Å². The summed E-state index contributed by atoms with van der Waals surface area (Å²) < 4.78 is 0. The van der Waals surface area contributed by atoms with Gasteiger partial charge in [-0.1, -0.05) is 0 Å². The Labute approximate surface area is 121 Å². The summed E-state index contributed by atoms with van der Waals surface area (Å²) in [7, 11) is 0. The van der Waals surface area contributed by atoms with Crippen molar-refractivity contribution in [2.45, 2.75) is 32.7 Å². The van der Waals surface area contributed by atoms with E-state index in [1.807, 2.05) is 6.92 Å². The van der Waals surface area contributed by atoms with Crippen LogP contribution in [0.3, 0.4) is 0 Å². The Bertz CT molecular complexity index is 613. The van der Waals surface area contributed by atoms with E-state index in [0.29, 0.717) is 5.69 Å². The van der Waals surface area contributed by atoms with Gasteiger partial charge < -0.3 is 15.4 Å². The van der Waals surface area contributed by atoms with Crippen molar-refractivity contribution < 1.29 is 14.7 Å². The number of H-pyrrole nitrogens is 2. The number of carboxylic acid groups (broad SMARTS) is 1. The second-order valence-electron chi connectivity index (χ2n) is 4.83. The second-order valence-corrected chi connectivity index (χ2v) is 4.83. The lowest BCUT2D eigenvalue weighted by atomic mass is 10.1. The fourth-order valence-corrected chi connectivity index (χ4v) is 2.06. The van der Waals surface area contributed by atoms with Crippen LogP contribution in [0.2, 0.25) is 0 Å². The van der Waals surface area contributed by atoms with Crippen molar-refractivity contribution in [2.24, 2.45) is 0 Å². The number of aliphatic carboxylic acids is 1. The summed E-state index contributed by atoms with van der Waals surface area (Å²) >= 11 is 0. The molecule has 0 saturated heterocycles. The molecule has 0 saturated carbocycles. The highest BCUT2D eigenvalue weighted by Crippen LogP contribution is 2.10. The van der Waals surface area contributed by atoms with Gasteiger partial charge in [0.2, 0.25) is 5.91 Å². The van der Waals surface area contributed by atoms with E-state index in [4.69, 9.17) is 0 Å². The van der Waals surface area contributed by atoms with Crippen LogP contribution in [0.15, 0.2) is 12.5 Å². The molecule has 2 aromatic rings. The molecular formula is C13H17N5O3. The van der Waals surface area contributed by atoms with Crippen molar-refractivity contribution in [3.63, 3.8) is 0 Å². The summed E-state index contributed by atoms with van der Waals surface area (Å²) in [5.41, 5.74) is 2.99. The SMILES string of the molecule is Cc1n[nH]c(C)c1CC(=O)N[C@H](Cc1cnc[nH]1)C(=O)O. The molecule has 0 radical (unpaired) electrons. The molecule has 2 heterocycles. The molecule has 0 aromatic carbocycles. The number of amides is 1. The zero-order valence-corrected chi connectivity index (χ0v) is 11.8. The minimum Gasteiger partial charge on any atom is -0.480 e. The molecule has 2 rings (SSSR count). The molecule has 2 aromatic heterocycles. The van der Waals surface area contributed by atoms with Crippen molar-refractivity contribution in [3.05, 3.63) is 35.2 Å². The number of carbonyl (C=O) groups excluding carboxylic acids is 1. The summed E-state index contributed by atoms with van der Waals surface area (Å²) in [5.74, 6) is -1.44. The molecule has 0 fully saturated rings. The third kappa shape index (κ3) is 3.68. The molecule has 0 aliphatic heterocycles. The number of hydrogen-bond donors (Lipinski definition) is 4. The van der Waals surface area contributed by atoms with E-state index in [1.165, 1.54) is 12.5 Å².